The van der Waals surface area contributed by atoms with E-state index in [4.69, 9.17) is 10.5 Å². The number of rotatable bonds is 6. The van der Waals surface area contributed by atoms with Gasteiger partial charge < -0.3 is 10.5 Å². The lowest BCUT2D eigenvalue weighted by Crippen LogP contribution is -2.25. The third-order valence-corrected chi connectivity index (χ3v) is 2.64. The van der Waals surface area contributed by atoms with Gasteiger partial charge in [-0.25, -0.2) is 0 Å². The van der Waals surface area contributed by atoms with Crippen molar-refractivity contribution in [2.75, 3.05) is 13.2 Å². The second-order valence-corrected chi connectivity index (χ2v) is 4.35. The third kappa shape index (κ3) is 4.57. The molecule has 0 bridgehead atoms. The summed E-state index contributed by atoms with van der Waals surface area (Å²) in [5, 5.41) is 0. The SMILES string of the molecule is CCOCC(N=C(N)c1ccccc1)C(C)C. The number of hydrogen-bond acceptors (Lipinski definition) is 2. The average Bonchev–Trinajstić information content (AvgIpc) is 2.35. The molecule has 0 heterocycles. The van der Waals surface area contributed by atoms with Gasteiger partial charge in [0.05, 0.1) is 12.6 Å². The third-order valence-electron chi connectivity index (χ3n) is 2.64. The molecule has 0 aliphatic rings. The van der Waals surface area contributed by atoms with Crippen LogP contribution in [0.25, 0.3) is 0 Å². The maximum Gasteiger partial charge on any atom is 0.125 e. The quantitative estimate of drug-likeness (QED) is 0.607. The Labute approximate surface area is 104 Å². The van der Waals surface area contributed by atoms with Gasteiger partial charge in [0.1, 0.15) is 5.84 Å². The highest BCUT2D eigenvalue weighted by Crippen LogP contribution is 2.09. The number of nitrogens with zero attached hydrogens (tertiary/aromatic N) is 1. The predicted molar refractivity (Wildman–Crippen MR) is 72.3 cm³/mol. The van der Waals surface area contributed by atoms with E-state index in [0.717, 1.165) is 5.56 Å². The van der Waals surface area contributed by atoms with Crippen molar-refractivity contribution in [2.45, 2.75) is 26.8 Å². The Morgan fingerprint density at radius 2 is 1.94 bits per heavy atom. The Kier molecular flexibility index (Phi) is 5.70. The van der Waals surface area contributed by atoms with Gasteiger partial charge in [0.2, 0.25) is 0 Å². The average molecular weight is 234 g/mol. The molecular formula is C14H22N2O. The molecule has 0 aromatic heterocycles. The largest absolute Gasteiger partial charge is 0.383 e. The standard InChI is InChI=1S/C14H22N2O/c1-4-17-10-13(11(2)3)16-14(15)12-8-6-5-7-9-12/h5-9,11,13H,4,10H2,1-3H3,(H2,15,16). The highest BCUT2D eigenvalue weighted by Gasteiger charge is 2.12. The Morgan fingerprint density at radius 3 is 2.47 bits per heavy atom. The predicted octanol–water partition coefficient (Wildman–Crippen LogP) is 2.45. The van der Waals surface area contributed by atoms with Crippen molar-refractivity contribution < 1.29 is 4.74 Å². The Balaban J connectivity index is 2.76. The van der Waals surface area contributed by atoms with Crippen LogP contribution < -0.4 is 5.73 Å². The van der Waals surface area contributed by atoms with E-state index in [9.17, 15) is 0 Å². The van der Waals surface area contributed by atoms with Gasteiger partial charge in [-0.1, -0.05) is 44.2 Å². The molecule has 3 heteroatoms. The number of aliphatic imine (C=N–C) groups is 1. The van der Waals surface area contributed by atoms with Crippen LogP contribution in [-0.2, 0) is 4.74 Å². The number of amidine groups is 1. The normalized spacial score (nSPS) is 14.0. The molecule has 0 aliphatic carbocycles. The second-order valence-electron chi connectivity index (χ2n) is 4.35. The molecule has 0 fully saturated rings. The molecule has 0 radical (unpaired) electrons. The van der Waals surface area contributed by atoms with E-state index in [1.54, 1.807) is 0 Å². The van der Waals surface area contributed by atoms with Crippen molar-refractivity contribution in [1.82, 2.24) is 0 Å². The van der Waals surface area contributed by atoms with Crippen molar-refractivity contribution in [3.8, 4) is 0 Å². The van der Waals surface area contributed by atoms with Gasteiger partial charge in [-0.05, 0) is 12.8 Å². The highest BCUT2D eigenvalue weighted by atomic mass is 16.5. The van der Waals surface area contributed by atoms with E-state index >= 15 is 0 Å². The first-order valence-corrected chi connectivity index (χ1v) is 6.11. The van der Waals surface area contributed by atoms with Crippen molar-refractivity contribution in [2.24, 2.45) is 16.6 Å². The molecule has 1 atom stereocenters. The van der Waals surface area contributed by atoms with Crippen LogP contribution in [-0.4, -0.2) is 25.1 Å². The first kappa shape index (κ1) is 13.7. The Hall–Kier alpha value is -1.35. The Morgan fingerprint density at radius 1 is 1.29 bits per heavy atom. The summed E-state index contributed by atoms with van der Waals surface area (Å²) in [7, 11) is 0. The first-order chi connectivity index (χ1) is 8.15. The Bertz CT molecular complexity index is 346. The molecule has 0 spiro atoms. The summed E-state index contributed by atoms with van der Waals surface area (Å²) in [6.45, 7) is 7.59. The van der Waals surface area contributed by atoms with E-state index in [1.807, 2.05) is 37.3 Å². The zero-order chi connectivity index (χ0) is 12.7. The fourth-order valence-electron chi connectivity index (χ4n) is 1.48. The van der Waals surface area contributed by atoms with Crippen LogP contribution in [0.3, 0.4) is 0 Å². The van der Waals surface area contributed by atoms with Gasteiger partial charge in [-0.15, -0.1) is 0 Å². The summed E-state index contributed by atoms with van der Waals surface area (Å²) in [5.41, 5.74) is 6.97. The minimum Gasteiger partial charge on any atom is -0.383 e. The highest BCUT2D eigenvalue weighted by molar-refractivity contribution is 5.97. The minimum absolute atomic E-state index is 0.121. The minimum atomic E-state index is 0.121. The molecule has 2 N–H and O–H groups in total. The van der Waals surface area contributed by atoms with Gasteiger partial charge in [0.25, 0.3) is 0 Å². The maximum absolute atomic E-state index is 6.00. The fourth-order valence-corrected chi connectivity index (χ4v) is 1.48. The van der Waals surface area contributed by atoms with Crippen molar-refractivity contribution in [3.05, 3.63) is 35.9 Å². The summed E-state index contributed by atoms with van der Waals surface area (Å²) in [4.78, 5) is 4.55. The van der Waals surface area contributed by atoms with Crippen molar-refractivity contribution in [1.29, 1.82) is 0 Å². The number of hydrogen-bond donors (Lipinski definition) is 1. The molecule has 0 amide bonds. The molecule has 94 valence electrons. The lowest BCUT2D eigenvalue weighted by atomic mass is 10.1. The maximum atomic E-state index is 6.00. The van der Waals surface area contributed by atoms with Crippen LogP contribution in [0.2, 0.25) is 0 Å². The van der Waals surface area contributed by atoms with E-state index in [0.29, 0.717) is 25.0 Å². The number of benzene rings is 1. The fraction of sp³-hybridized carbons (Fsp3) is 0.500. The topological polar surface area (TPSA) is 47.6 Å². The van der Waals surface area contributed by atoms with Gasteiger partial charge in [-0.3, -0.25) is 4.99 Å². The van der Waals surface area contributed by atoms with Gasteiger partial charge in [-0.2, -0.15) is 0 Å². The van der Waals surface area contributed by atoms with Crippen LogP contribution in [0.5, 0.6) is 0 Å². The molecule has 1 unspecified atom stereocenters. The van der Waals surface area contributed by atoms with Gasteiger partial charge >= 0.3 is 0 Å². The van der Waals surface area contributed by atoms with Crippen LogP contribution >= 0.6 is 0 Å². The van der Waals surface area contributed by atoms with Crippen molar-refractivity contribution in [3.63, 3.8) is 0 Å². The summed E-state index contributed by atoms with van der Waals surface area (Å²) >= 11 is 0. The molecule has 0 aliphatic heterocycles. The lowest BCUT2D eigenvalue weighted by Gasteiger charge is -2.17. The molecule has 1 rings (SSSR count). The van der Waals surface area contributed by atoms with E-state index in [2.05, 4.69) is 18.8 Å². The van der Waals surface area contributed by atoms with Gasteiger partial charge in [0.15, 0.2) is 0 Å². The van der Waals surface area contributed by atoms with Gasteiger partial charge in [0, 0.05) is 12.2 Å². The molecule has 0 saturated heterocycles. The smallest absolute Gasteiger partial charge is 0.125 e. The van der Waals surface area contributed by atoms with E-state index in [-0.39, 0.29) is 6.04 Å². The first-order valence-electron chi connectivity index (χ1n) is 6.11. The van der Waals surface area contributed by atoms with E-state index < -0.39 is 0 Å². The molecule has 3 nitrogen and oxygen atoms in total. The van der Waals surface area contributed by atoms with Crippen molar-refractivity contribution >= 4 is 5.84 Å². The molecule has 1 aromatic rings. The monoisotopic (exact) mass is 234 g/mol. The summed E-state index contributed by atoms with van der Waals surface area (Å²) in [6.07, 6.45) is 0. The second kappa shape index (κ2) is 7.07. The molecule has 0 saturated carbocycles. The van der Waals surface area contributed by atoms with E-state index in [1.165, 1.54) is 0 Å². The van der Waals surface area contributed by atoms with Crippen LogP contribution in [0, 0.1) is 5.92 Å². The molecule has 1 aromatic carbocycles. The zero-order valence-corrected chi connectivity index (χ0v) is 10.9. The van der Waals surface area contributed by atoms with Crippen LogP contribution in [0.15, 0.2) is 35.3 Å². The van der Waals surface area contributed by atoms with Crippen LogP contribution in [0.4, 0.5) is 0 Å². The van der Waals surface area contributed by atoms with Crippen LogP contribution in [0.1, 0.15) is 26.3 Å². The lowest BCUT2D eigenvalue weighted by molar-refractivity contribution is 0.122. The number of nitrogens with two attached hydrogens (primary N) is 1. The summed E-state index contributed by atoms with van der Waals surface area (Å²) in [6, 6.07) is 9.95. The zero-order valence-electron chi connectivity index (χ0n) is 10.9. The summed E-state index contributed by atoms with van der Waals surface area (Å²) < 4.78 is 5.43. The molecule has 17 heavy (non-hydrogen) atoms. The summed E-state index contributed by atoms with van der Waals surface area (Å²) in [5.74, 6) is 1.01. The molecular weight excluding hydrogens is 212 g/mol. The number of ether oxygens (including phenoxy) is 1.